The van der Waals surface area contributed by atoms with Crippen LogP contribution in [0.25, 0.3) is 28.2 Å². The van der Waals surface area contributed by atoms with E-state index >= 15 is 0 Å². The minimum atomic E-state index is -2.92. The fraction of sp³-hybridized carbons (Fsp3) is 0.426. The average molecular weight is 876 g/mol. The van der Waals surface area contributed by atoms with Crippen LogP contribution in [0.15, 0.2) is 82.5 Å². The predicted octanol–water partition coefficient (Wildman–Crippen LogP) is 6.74. The van der Waals surface area contributed by atoms with Crippen LogP contribution in [-0.4, -0.2) is 83.8 Å². The molecule has 0 bridgehead atoms. The number of anilines is 1. The molecule has 2 atom stereocenters. The average Bonchev–Trinajstić information content (AvgIpc) is 3.71. The van der Waals surface area contributed by atoms with Crippen molar-refractivity contribution in [2.75, 3.05) is 31.6 Å². The highest BCUT2D eigenvalue weighted by Gasteiger charge is 2.31. The van der Waals surface area contributed by atoms with Crippen molar-refractivity contribution in [1.82, 2.24) is 39.1 Å². The number of carbonyl (C=O) groups excluding carboxylic acids is 3. The van der Waals surface area contributed by atoms with Gasteiger partial charge in [-0.25, -0.2) is 23.2 Å². The Morgan fingerprint density at radius 2 is 1.77 bits per heavy atom. The van der Waals surface area contributed by atoms with Gasteiger partial charge in [0.05, 0.1) is 41.3 Å². The van der Waals surface area contributed by atoms with Crippen molar-refractivity contribution < 1.29 is 32.3 Å². The molecule has 0 radical (unpaired) electrons. The van der Waals surface area contributed by atoms with Crippen molar-refractivity contribution in [3.05, 3.63) is 112 Å². The Hall–Kier alpha value is -6.33. The Morgan fingerprint density at radius 1 is 0.953 bits per heavy atom. The van der Waals surface area contributed by atoms with Crippen LogP contribution in [0.2, 0.25) is 0 Å². The summed E-state index contributed by atoms with van der Waals surface area (Å²) in [6.45, 7) is 3.28. The highest BCUT2D eigenvalue weighted by molar-refractivity contribution is 6.03. The number of rotatable bonds is 17. The number of alkyl halides is 2. The first-order valence-corrected chi connectivity index (χ1v) is 22.1. The molecule has 334 valence electrons. The summed E-state index contributed by atoms with van der Waals surface area (Å²) in [5.41, 5.74) is 4.86. The predicted molar refractivity (Wildman–Crippen MR) is 233 cm³/mol. The first kappa shape index (κ1) is 42.9. The van der Waals surface area contributed by atoms with Crippen LogP contribution >= 0.6 is 0 Å². The zero-order valence-electron chi connectivity index (χ0n) is 35.7. The molecule has 2 aromatic carbocycles. The fourth-order valence-corrected chi connectivity index (χ4v) is 8.79. The van der Waals surface area contributed by atoms with Crippen LogP contribution < -0.4 is 16.3 Å². The molecule has 1 unspecified atom stereocenters. The molecule has 2 saturated heterocycles. The van der Waals surface area contributed by atoms with Crippen molar-refractivity contribution in [2.24, 2.45) is 13.0 Å². The minimum absolute atomic E-state index is 0.0431. The molecule has 3 fully saturated rings. The van der Waals surface area contributed by atoms with Gasteiger partial charge in [0.2, 0.25) is 17.7 Å². The van der Waals surface area contributed by atoms with Crippen LogP contribution in [0.1, 0.15) is 96.8 Å². The van der Waals surface area contributed by atoms with Crippen LogP contribution in [-0.2, 0) is 40.6 Å². The normalized spacial score (nSPS) is 18.2. The number of pyridine rings is 1. The third-order valence-electron chi connectivity index (χ3n) is 12.5. The Bertz CT molecular complexity index is 2720. The fourth-order valence-electron chi connectivity index (χ4n) is 8.79. The van der Waals surface area contributed by atoms with Gasteiger partial charge < -0.3 is 14.5 Å². The first-order valence-electron chi connectivity index (χ1n) is 22.1. The van der Waals surface area contributed by atoms with Gasteiger partial charge in [0.1, 0.15) is 12.3 Å². The molecule has 2 N–H and O–H groups in total. The Morgan fingerprint density at radius 3 is 2.56 bits per heavy atom. The summed E-state index contributed by atoms with van der Waals surface area (Å²) in [6.07, 6.45) is 10.8. The number of ether oxygens (including phenoxy) is 1. The molecule has 6 heterocycles. The van der Waals surface area contributed by atoms with Crippen molar-refractivity contribution in [3.8, 4) is 17.1 Å². The summed E-state index contributed by atoms with van der Waals surface area (Å²) in [7, 11) is 1.71. The molecular weight excluding hydrogens is 825 g/mol. The molecule has 1 saturated carbocycles. The number of aryl methyl sites for hydroxylation is 4. The third kappa shape index (κ3) is 9.74. The SMILES string of the molecule is Cn1c(=O)n(C2CCC(=O)NC2=O)c2ccc(CCCN3CCO[C@H](CCCc4ccc(-n5cc(NC(=O)c6coc(-c7ccnc(CCC8CC8)c7)n6)c(C(F)F)n5)cc4)C3)cc21. The lowest BCUT2D eigenvalue weighted by atomic mass is 10.0. The summed E-state index contributed by atoms with van der Waals surface area (Å²) in [6, 6.07) is 16.4. The number of hydrogen-bond donors (Lipinski definition) is 2. The summed E-state index contributed by atoms with van der Waals surface area (Å²) in [5.74, 6) is -0.426. The van der Waals surface area contributed by atoms with Crippen molar-refractivity contribution >= 4 is 34.4 Å². The van der Waals surface area contributed by atoms with E-state index in [2.05, 4.69) is 30.6 Å². The standard InChI is InChI=1S/C47H51F2N9O6/c1-55-40-24-31(12-16-38(40)58(47(55)62)39-17-18-41(59)53-45(39)61)5-3-21-56-22-23-63-35(26-56)6-2-4-29-10-14-34(15-11-29)57-27-36(42(54-57)43(48)49)51-44(60)37-28-64-46(52-37)32-19-20-50-33(25-32)13-9-30-7-8-30/h10-12,14-16,19-20,24-25,27-28,30,35,39,43H,2-9,13,17-18,21-23,26H2,1H3,(H,51,60)(H,53,59,61)/t35-,39?/m1/s1. The molecule has 17 heteroatoms. The van der Waals surface area contributed by atoms with E-state index in [1.165, 1.54) is 34.6 Å². The number of hydrogen-bond acceptors (Lipinski definition) is 10. The van der Waals surface area contributed by atoms with Crippen LogP contribution in [0.3, 0.4) is 0 Å². The van der Waals surface area contributed by atoms with E-state index in [4.69, 9.17) is 9.15 Å². The number of imidazole rings is 1. The van der Waals surface area contributed by atoms with Crippen molar-refractivity contribution in [2.45, 2.75) is 89.2 Å². The monoisotopic (exact) mass is 875 g/mol. The number of halogens is 2. The van der Waals surface area contributed by atoms with E-state index in [-0.39, 0.29) is 41.4 Å². The summed E-state index contributed by atoms with van der Waals surface area (Å²) >= 11 is 0. The van der Waals surface area contributed by atoms with Gasteiger partial charge in [-0.05, 0) is 111 Å². The highest BCUT2D eigenvalue weighted by Crippen LogP contribution is 2.34. The quantitative estimate of drug-likeness (QED) is 0.0936. The molecule has 6 aromatic rings. The Kier molecular flexibility index (Phi) is 12.6. The van der Waals surface area contributed by atoms with E-state index in [9.17, 15) is 28.0 Å². The second kappa shape index (κ2) is 18.8. The van der Waals surface area contributed by atoms with E-state index in [1.54, 1.807) is 23.9 Å². The second-order valence-electron chi connectivity index (χ2n) is 17.1. The number of piperidine rings is 1. The maximum atomic E-state index is 14.1. The number of nitrogens with zero attached hydrogens (tertiary/aromatic N) is 7. The number of carbonyl (C=O) groups is 3. The zero-order valence-corrected chi connectivity index (χ0v) is 35.7. The Balaban J connectivity index is 0.740. The highest BCUT2D eigenvalue weighted by atomic mass is 19.3. The molecular formula is C47H51F2N9O6. The van der Waals surface area contributed by atoms with Gasteiger partial charge in [-0.15, -0.1) is 0 Å². The van der Waals surface area contributed by atoms with Gasteiger partial charge in [0, 0.05) is 44.0 Å². The van der Waals surface area contributed by atoms with Crippen molar-refractivity contribution in [1.29, 1.82) is 0 Å². The lowest BCUT2D eigenvalue weighted by Gasteiger charge is -2.33. The van der Waals surface area contributed by atoms with Gasteiger partial charge in [-0.1, -0.05) is 31.0 Å². The number of aromatic nitrogens is 6. The number of benzene rings is 2. The second-order valence-corrected chi connectivity index (χ2v) is 17.1. The lowest BCUT2D eigenvalue weighted by molar-refractivity contribution is -0.135. The molecule has 1 aliphatic carbocycles. The summed E-state index contributed by atoms with van der Waals surface area (Å²) in [5, 5.41) is 9.01. The molecule has 9 rings (SSSR count). The van der Waals surface area contributed by atoms with Crippen LogP contribution in [0.5, 0.6) is 0 Å². The minimum Gasteiger partial charge on any atom is -0.444 e. The first-order chi connectivity index (χ1) is 31.1. The van der Waals surface area contributed by atoms with E-state index in [0.29, 0.717) is 29.8 Å². The molecule has 15 nitrogen and oxygen atoms in total. The van der Waals surface area contributed by atoms with Gasteiger partial charge in [0.15, 0.2) is 11.4 Å². The molecule has 2 aliphatic heterocycles. The van der Waals surface area contributed by atoms with E-state index < -0.39 is 30.0 Å². The number of nitrogens with one attached hydrogen (secondary N) is 2. The smallest absolute Gasteiger partial charge is 0.329 e. The van der Waals surface area contributed by atoms with Crippen molar-refractivity contribution in [3.63, 3.8) is 0 Å². The molecule has 4 aromatic heterocycles. The molecule has 3 amide bonds. The van der Waals surface area contributed by atoms with Gasteiger partial charge >= 0.3 is 5.69 Å². The summed E-state index contributed by atoms with van der Waals surface area (Å²) in [4.78, 5) is 61.7. The number of amides is 3. The van der Waals surface area contributed by atoms with E-state index in [1.807, 2.05) is 48.5 Å². The van der Waals surface area contributed by atoms with Crippen LogP contribution in [0.4, 0.5) is 14.5 Å². The number of oxazole rings is 1. The summed E-state index contributed by atoms with van der Waals surface area (Å²) < 4.78 is 44.4. The van der Waals surface area contributed by atoms with Gasteiger partial charge in [0.25, 0.3) is 12.3 Å². The number of imide groups is 1. The molecule has 0 spiro atoms. The topological polar surface area (TPSA) is 171 Å². The largest absolute Gasteiger partial charge is 0.444 e. The van der Waals surface area contributed by atoms with E-state index in [0.717, 1.165) is 92.8 Å². The van der Waals surface area contributed by atoms with Gasteiger partial charge in [-0.3, -0.25) is 38.7 Å². The molecule has 3 aliphatic rings. The van der Waals surface area contributed by atoms with Crippen LogP contribution in [0, 0.1) is 5.92 Å². The zero-order chi connectivity index (χ0) is 44.3. The van der Waals surface area contributed by atoms with Gasteiger partial charge in [-0.2, -0.15) is 5.10 Å². The molecule has 64 heavy (non-hydrogen) atoms. The number of morpholine rings is 1. The Labute approximate surface area is 367 Å². The third-order valence-corrected chi connectivity index (χ3v) is 12.5. The lowest BCUT2D eigenvalue weighted by Crippen LogP contribution is -2.44. The maximum absolute atomic E-state index is 14.1. The maximum Gasteiger partial charge on any atom is 0.329 e. The number of fused-ring (bicyclic) bond motifs is 1.